The molecule has 5 rings (SSSR count). The number of nitrogens with one attached hydrogen (secondary N) is 1. The van der Waals surface area contributed by atoms with Crippen molar-refractivity contribution < 1.29 is 27.5 Å². The van der Waals surface area contributed by atoms with Crippen LogP contribution >= 0.6 is 0 Å². The molecule has 9 nitrogen and oxygen atoms in total. The van der Waals surface area contributed by atoms with Gasteiger partial charge in [0.25, 0.3) is 10.0 Å². The smallest absolute Gasteiger partial charge is 0.264 e. The Bertz CT molecular complexity index is 1700. The quantitative estimate of drug-likeness (QED) is 0.270. The molecule has 0 radical (unpaired) electrons. The highest BCUT2D eigenvalue weighted by Gasteiger charge is 2.34. The van der Waals surface area contributed by atoms with Gasteiger partial charge in [-0.05, 0) is 42.3 Å². The maximum Gasteiger partial charge on any atom is 0.264 e. The Morgan fingerprint density at radius 2 is 1.45 bits per heavy atom. The molecule has 0 spiro atoms. The van der Waals surface area contributed by atoms with Crippen molar-refractivity contribution in [3.8, 4) is 11.5 Å². The number of ether oxygens (including phenoxy) is 2. The van der Waals surface area contributed by atoms with Crippen molar-refractivity contribution in [1.29, 1.82) is 0 Å². The summed E-state index contributed by atoms with van der Waals surface area (Å²) < 4.78 is 40.6. The summed E-state index contributed by atoms with van der Waals surface area (Å²) in [5.41, 5.74) is 2.96. The molecule has 1 N–H and O–H groups in total. The van der Waals surface area contributed by atoms with Gasteiger partial charge in [0.05, 0.1) is 10.6 Å². The van der Waals surface area contributed by atoms with Gasteiger partial charge in [-0.1, -0.05) is 78.4 Å². The molecule has 0 saturated heterocycles. The number of nitrogens with zero attached hydrogens (tertiary/aromatic N) is 2. The minimum absolute atomic E-state index is 0.0277. The van der Waals surface area contributed by atoms with E-state index in [0.29, 0.717) is 24.7 Å². The summed E-state index contributed by atoms with van der Waals surface area (Å²) in [4.78, 5) is 29.3. The van der Waals surface area contributed by atoms with Gasteiger partial charge in [0.1, 0.15) is 25.8 Å². The molecule has 0 aromatic heterocycles. The Hall–Kier alpha value is -4.83. The van der Waals surface area contributed by atoms with E-state index in [1.54, 1.807) is 36.4 Å². The number of anilines is 1. The molecule has 0 saturated carbocycles. The van der Waals surface area contributed by atoms with Gasteiger partial charge in [-0.15, -0.1) is 0 Å². The molecule has 0 fully saturated rings. The lowest BCUT2D eigenvalue weighted by Gasteiger charge is -2.34. The second-order valence-corrected chi connectivity index (χ2v) is 12.3. The first-order valence-corrected chi connectivity index (χ1v) is 15.8. The van der Waals surface area contributed by atoms with E-state index in [-0.39, 0.29) is 29.5 Å². The third-order valence-electron chi connectivity index (χ3n) is 7.41. The first-order valence-electron chi connectivity index (χ1n) is 14.3. The second-order valence-electron chi connectivity index (χ2n) is 10.5. The molecule has 1 unspecified atom stereocenters. The van der Waals surface area contributed by atoms with Crippen LogP contribution in [0.1, 0.15) is 16.7 Å². The molecule has 0 aliphatic carbocycles. The number of likely N-dealkylation sites (N-methyl/N-ethyl adjacent to an activating group) is 1. The highest BCUT2D eigenvalue weighted by molar-refractivity contribution is 7.92. The number of benzene rings is 4. The fourth-order valence-electron chi connectivity index (χ4n) is 5.05. The number of rotatable bonds is 11. The van der Waals surface area contributed by atoms with Gasteiger partial charge >= 0.3 is 0 Å². The summed E-state index contributed by atoms with van der Waals surface area (Å²) in [6, 6.07) is 28.9. The SMILES string of the molecule is CNC(=O)C(Cc1ccccc1)N(Cc1ccc(C)cc1)C(=O)CN(c1ccc2c(c1)OCCO2)S(=O)(=O)c1ccccc1. The number of carbonyl (C=O) groups excluding carboxylic acids is 2. The van der Waals surface area contributed by atoms with Crippen molar-refractivity contribution in [3.63, 3.8) is 0 Å². The zero-order valence-corrected chi connectivity index (χ0v) is 25.5. The second kappa shape index (κ2) is 13.6. The van der Waals surface area contributed by atoms with Gasteiger partial charge in [-0.25, -0.2) is 8.42 Å². The molecule has 4 aromatic rings. The van der Waals surface area contributed by atoms with Gasteiger partial charge in [0, 0.05) is 26.1 Å². The van der Waals surface area contributed by atoms with E-state index in [9.17, 15) is 18.0 Å². The van der Waals surface area contributed by atoms with Crippen LogP contribution in [0.5, 0.6) is 11.5 Å². The first-order chi connectivity index (χ1) is 21.3. The molecule has 1 aliphatic rings. The lowest BCUT2D eigenvalue weighted by molar-refractivity contribution is -0.139. The van der Waals surface area contributed by atoms with E-state index in [4.69, 9.17) is 9.47 Å². The number of hydrogen-bond donors (Lipinski definition) is 1. The molecule has 4 aromatic carbocycles. The standard InChI is InChI=1S/C34H35N3O6S/c1-25-13-15-27(16-14-25)23-36(30(34(39)35-2)21-26-9-5-3-6-10-26)33(38)24-37(44(40,41)29-11-7-4-8-12-29)28-17-18-31-32(22-28)43-20-19-42-31/h3-18,22,30H,19-21,23-24H2,1-2H3,(H,35,39). The number of aryl methyl sites for hydroxylation is 1. The largest absolute Gasteiger partial charge is 0.486 e. The fourth-order valence-corrected chi connectivity index (χ4v) is 6.47. The van der Waals surface area contributed by atoms with Crippen molar-refractivity contribution in [2.45, 2.75) is 30.8 Å². The number of sulfonamides is 1. The average Bonchev–Trinajstić information content (AvgIpc) is 3.06. The summed E-state index contributed by atoms with van der Waals surface area (Å²) in [5, 5.41) is 2.70. The van der Waals surface area contributed by atoms with Crippen LogP contribution < -0.4 is 19.1 Å². The third-order valence-corrected chi connectivity index (χ3v) is 9.20. The Morgan fingerprint density at radius 3 is 2.11 bits per heavy atom. The summed E-state index contributed by atoms with van der Waals surface area (Å²) >= 11 is 0. The van der Waals surface area contributed by atoms with Crippen LogP contribution in [-0.2, 0) is 32.6 Å². The lowest BCUT2D eigenvalue weighted by atomic mass is 10.0. The van der Waals surface area contributed by atoms with Crippen LogP contribution in [-0.4, -0.2) is 58.0 Å². The van der Waals surface area contributed by atoms with E-state index in [0.717, 1.165) is 21.0 Å². The molecule has 0 bridgehead atoms. The van der Waals surface area contributed by atoms with E-state index in [1.807, 2.05) is 61.5 Å². The number of hydrogen-bond acceptors (Lipinski definition) is 6. The van der Waals surface area contributed by atoms with Gasteiger partial charge in [0.2, 0.25) is 11.8 Å². The van der Waals surface area contributed by atoms with Gasteiger partial charge in [0.15, 0.2) is 11.5 Å². The van der Waals surface area contributed by atoms with Crippen molar-refractivity contribution in [1.82, 2.24) is 10.2 Å². The van der Waals surface area contributed by atoms with E-state index < -0.39 is 28.5 Å². The normalized spacial score (nSPS) is 13.0. The third kappa shape index (κ3) is 7.03. The fraction of sp³-hybridized carbons (Fsp3) is 0.235. The summed E-state index contributed by atoms with van der Waals surface area (Å²) in [5.74, 6) is -0.0131. The minimum Gasteiger partial charge on any atom is -0.486 e. The Kier molecular flexibility index (Phi) is 9.50. The Morgan fingerprint density at radius 1 is 0.818 bits per heavy atom. The van der Waals surface area contributed by atoms with Gasteiger partial charge < -0.3 is 19.7 Å². The maximum absolute atomic E-state index is 14.4. The van der Waals surface area contributed by atoms with E-state index in [2.05, 4.69) is 5.32 Å². The van der Waals surface area contributed by atoms with Gasteiger partial charge in [-0.2, -0.15) is 0 Å². The number of amides is 2. The predicted molar refractivity (Wildman–Crippen MR) is 168 cm³/mol. The highest BCUT2D eigenvalue weighted by Crippen LogP contribution is 2.36. The van der Waals surface area contributed by atoms with Crippen LogP contribution in [0.15, 0.2) is 108 Å². The van der Waals surface area contributed by atoms with Crippen molar-refractivity contribution in [2.75, 3.05) is 31.1 Å². The topological polar surface area (TPSA) is 105 Å². The molecule has 1 heterocycles. The van der Waals surface area contributed by atoms with Crippen molar-refractivity contribution >= 4 is 27.5 Å². The van der Waals surface area contributed by atoms with Crippen molar-refractivity contribution in [3.05, 3.63) is 120 Å². The molecule has 10 heteroatoms. The Labute approximate surface area is 258 Å². The molecule has 1 aliphatic heterocycles. The number of fused-ring (bicyclic) bond motifs is 1. The molecule has 2 amide bonds. The van der Waals surface area contributed by atoms with E-state index >= 15 is 0 Å². The zero-order chi connectivity index (χ0) is 31.1. The van der Waals surface area contributed by atoms with Gasteiger partial charge in [-0.3, -0.25) is 13.9 Å². The predicted octanol–water partition coefficient (Wildman–Crippen LogP) is 4.35. The van der Waals surface area contributed by atoms with Crippen LogP contribution in [0.2, 0.25) is 0 Å². The molecule has 44 heavy (non-hydrogen) atoms. The van der Waals surface area contributed by atoms with Crippen LogP contribution in [0, 0.1) is 6.92 Å². The molecule has 228 valence electrons. The van der Waals surface area contributed by atoms with E-state index in [1.165, 1.54) is 24.1 Å². The molecular weight excluding hydrogens is 578 g/mol. The summed E-state index contributed by atoms with van der Waals surface area (Å²) in [7, 11) is -2.69. The van der Waals surface area contributed by atoms with Crippen LogP contribution in [0.3, 0.4) is 0 Å². The molecule has 1 atom stereocenters. The highest BCUT2D eigenvalue weighted by atomic mass is 32.2. The minimum atomic E-state index is -4.21. The zero-order valence-electron chi connectivity index (χ0n) is 24.7. The lowest BCUT2D eigenvalue weighted by Crippen LogP contribution is -2.53. The average molecular weight is 614 g/mol. The molecular formula is C34H35N3O6S. The van der Waals surface area contributed by atoms with Crippen molar-refractivity contribution in [2.24, 2.45) is 0 Å². The van der Waals surface area contributed by atoms with Crippen LogP contribution in [0.4, 0.5) is 5.69 Å². The maximum atomic E-state index is 14.4. The Balaban J connectivity index is 1.57. The number of carbonyl (C=O) groups is 2. The van der Waals surface area contributed by atoms with Crippen LogP contribution in [0.25, 0.3) is 0 Å². The first kappa shape index (κ1) is 30.6. The monoisotopic (exact) mass is 613 g/mol. The summed E-state index contributed by atoms with van der Waals surface area (Å²) in [6.45, 7) is 2.22. The summed E-state index contributed by atoms with van der Waals surface area (Å²) in [6.07, 6.45) is 0.244.